The lowest BCUT2D eigenvalue weighted by atomic mass is 10.1. The number of benzene rings is 1. The number of ether oxygens (including phenoxy) is 1. The molecule has 0 unspecified atom stereocenters. The maximum atomic E-state index is 13.2. The Morgan fingerprint density at radius 3 is 2.16 bits per heavy atom. The summed E-state index contributed by atoms with van der Waals surface area (Å²) in [6.45, 7) is 7.46. The summed E-state index contributed by atoms with van der Waals surface area (Å²) < 4.78 is 35.0. The summed E-state index contributed by atoms with van der Waals surface area (Å²) in [4.78, 5) is 2.33. The average molecular weight is 443 g/mol. The topological polar surface area (TPSA) is 93.5 Å². The first-order valence-electron chi connectivity index (χ1n) is 10.1. The molecule has 0 spiro atoms. The summed E-state index contributed by atoms with van der Waals surface area (Å²) in [7, 11) is -2.06. The summed E-state index contributed by atoms with van der Waals surface area (Å²) in [5.74, 6) is 1.94. The van der Waals surface area contributed by atoms with Crippen LogP contribution in [0.25, 0.3) is 5.82 Å². The molecule has 164 valence electrons. The Labute approximate surface area is 182 Å². The molecule has 4 rings (SSSR count). The van der Waals surface area contributed by atoms with Crippen molar-refractivity contribution < 1.29 is 13.2 Å². The van der Waals surface area contributed by atoms with Crippen molar-refractivity contribution in [1.82, 2.24) is 24.3 Å². The zero-order chi connectivity index (χ0) is 22.2. The van der Waals surface area contributed by atoms with E-state index in [9.17, 15) is 8.42 Å². The molecule has 1 aliphatic heterocycles. The van der Waals surface area contributed by atoms with E-state index in [2.05, 4.69) is 15.3 Å². The van der Waals surface area contributed by atoms with Crippen LogP contribution in [0.5, 0.6) is 5.75 Å². The fourth-order valence-electron chi connectivity index (χ4n) is 3.76. The minimum absolute atomic E-state index is 0.294. The summed E-state index contributed by atoms with van der Waals surface area (Å²) in [6, 6.07) is 9.12. The molecule has 0 saturated carbocycles. The van der Waals surface area contributed by atoms with E-state index in [0.29, 0.717) is 42.6 Å². The molecule has 0 amide bonds. The van der Waals surface area contributed by atoms with Gasteiger partial charge in [0, 0.05) is 38.4 Å². The van der Waals surface area contributed by atoms with Crippen LogP contribution in [0.1, 0.15) is 16.8 Å². The first kappa shape index (κ1) is 21.3. The Hall–Kier alpha value is -2.98. The monoisotopic (exact) mass is 442 g/mol. The third kappa shape index (κ3) is 4.13. The molecular weight excluding hydrogens is 416 g/mol. The summed E-state index contributed by atoms with van der Waals surface area (Å²) in [6.07, 6.45) is 1.84. The number of methoxy groups -OCH3 is 1. The van der Waals surface area contributed by atoms with Gasteiger partial charge in [0.1, 0.15) is 5.75 Å². The number of aromatic nitrogens is 4. The Balaban J connectivity index is 1.47. The van der Waals surface area contributed by atoms with Gasteiger partial charge in [0.25, 0.3) is 0 Å². The molecule has 1 aliphatic rings. The van der Waals surface area contributed by atoms with E-state index in [4.69, 9.17) is 4.74 Å². The van der Waals surface area contributed by atoms with Gasteiger partial charge in [0.2, 0.25) is 10.0 Å². The van der Waals surface area contributed by atoms with Crippen molar-refractivity contribution in [2.24, 2.45) is 0 Å². The Kier molecular flexibility index (Phi) is 5.67. The Morgan fingerprint density at radius 1 is 0.903 bits per heavy atom. The fourth-order valence-corrected chi connectivity index (χ4v) is 5.40. The molecule has 3 aromatic rings. The highest BCUT2D eigenvalue weighted by Gasteiger charge is 2.30. The number of rotatable bonds is 5. The number of hydrogen-bond donors (Lipinski definition) is 0. The summed E-state index contributed by atoms with van der Waals surface area (Å²) >= 11 is 0. The lowest BCUT2D eigenvalue weighted by molar-refractivity contribution is 0.381. The molecule has 9 nitrogen and oxygen atoms in total. The molecule has 2 aromatic heterocycles. The summed E-state index contributed by atoms with van der Waals surface area (Å²) in [5, 5.41) is 12.9. The van der Waals surface area contributed by atoms with E-state index in [1.165, 1.54) is 4.31 Å². The second-order valence-electron chi connectivity index (χ2n) is 7.63. The van der Waals surface area contributed by atoms with E-state index in [0.717, 1.165) is 22.6 Å². The zero-order valence-electron chi connectivity index (χ0n) is 18.1. The SMILES string of the molecule is COc1cc(S(=O)(=O)N2CCN(c3ccc(-n4ccc(C)n4)nn3)CC2)c(C)cc1C. The number of anilines is 1. The molecule has 0 bridgehead atoms. The molecular formula is C21H26N6O3S. The number of nitrogens with zero attached hydrogens (tertiary/aromatic N) is 6. The molecule has 10 heteroatoms. The molecule has 0 atom stereocenters. The first-order valence-corrected chi connectivity index (χ1v) is 11.5. The second-order valence-corrected chi connectivity index (χ2v) is 9.54. The maximum Gasteiger partial charge on any atom is 0.243 e. The number of sulfonamides is 1. The van der Waals surface area contributed by atoms with E-state index in [1.54, 1.807) is 17.9 Å². The van der Waals surface area contributed by atoms with Crippen molar-refractivity contribution in [2.45, 2.75) is 25.7 Å². The van der Waals surface area contributed by atoms with Gasteiger partial charge in [0.05, 0.1) is 17.7 Å². The minimum Gasteiger partial charge on any atom is -0.496 e. The third-order valence-corrected chi connectivity index (χ3v) is 7.51. The van der Waals surface area contributed by atoms with Gasteiger partial charge in [-0.25, -0.2) is 13.1 Å². The van der Waals surface area contributed by atoms with Gasteiger partial charge in [-0.15, -0.1) is 10.2 Å². The molecule has 1 saturated heterocycles. The number of hydrogen-bond acceptors (Lipinski definition) is 7. The van der Waals surface area contributed by atoms with Crippen molar-refractivity contribution in [1.29, 1.82) is 0 Å². The maximum absolute atomic E-state index is 13.2. The van der Waals surface area contributed by atoms with Crippen molar-refractivity contribution in [3.05, 3.63) is 53.3 Å². The van der Waals surface area contributed by atoms with E-state index in [-0.39, 0.29) is 0 Å². The standard InChI is InChI=1S/C21H26N6O3S/c1-15-13-16(2)19(14-18(15)30-4)31(28,29)26-11-9-25(10-12-26)20-5-6-21(23-22-20)27-8-7-17(3)24-27/h5-8,13-14H,9-12H2,1-4H3. The van der Waals surface area contributed by atoms with Crippen molar-refractivity contribution in [3.8, 4) is 11.6 Å². The predicted molar refractivity (Wildman–Crippen MR) is 117 cm³/mol. The van der Waals surface area contributed by atoms with Crippen LogP contribution >= 0.6 is 0 Å². The van der Waals surface area contributed by atoms with Crippen LogP contribution in [0.4, 0.5) is 5.82 Å². The van der Waals surface area contributed by atoms with Crippen molar-refractivity contribution in [2.75, 3.05) is 38.2 Å². The molecule has 0 aliphatic carbocycles. The van der Waals surface area contributed by atoms with Gasteiger partial charge >= 0.3 is 0 Å². The van der Waals surface area contributed by atoms with Crippen LogP contribution in [0.3, 0.4) is 0 Å². The third-order valence-electron chi connectivity index (χ3n) is 5.47. The fraction of sp³-hybridized carbons (Fsp3) is 0.381. The lowest BCUT2D eigenvalue weighted by Crippen LogP contribution is -2.49. The number of aryl methyl sites for hydroxylation is 3. The molecule has 0 radical (unpaired) electrons. The first-order chi connectivity index (χ1) is 14.8. The van der Waals surface area contributed by atoms with E-state index >= 15 is 0 Å². The Morgan fingerprint density at radius 2 is 1.58 bits per heavy atom. The minimum atomic E-state index is -3.61. The normalized spacial score (nSPS) is 15.3. The van der Waals surface area contributed by atoms with Crippen LogP contribution in [0.15, 0.2) is 41.4 Å². The van der Waals surface area contributed by atoms with Gasteiger partial charge in [0.15, 0.2) is 11.6 Å². The lowest BCUT2D eigenvalue weighted by Gasteiger charge is -2.34. The van der Waals surface area contributed by atoms with Gasteiger partial charge in [-0.2, -0.15) is 9.40 Å². The molecule has 31 heavy (non-hydrogen) atoms. The van der Waals surface area contributed by atoms with Gasteiger partial charge in [-0.1, -0.05) is 6.07 Å². The number of piperazine rings is 1. The molecule has 3 heterocycles. The van der Waals surface area contributed by atoms with Crippen LogP contribution in [-0.4, -0.2) is 66.0 Å². The second kappa shape index (κ2) is 8.27. The molecule has 1 fully saturated rings. The van der Waals surface area contributed by atoms with Crippen molar-refractivity contribution in [3.63, 3.8) is 0 Å². The molecule has 0 N–H and O–H groups in total. The van der Waals surface area contributed by atoms with Gasteiger partial charge in [-0.3, -0.25) is 0 Å². The highest BCUT2D eigenvalue weighted by Crippen LogP contribution is 2.29. The highest BCUT2D eigenvalue weighted by molar-refractivity contribution is 7.89. The van der Waals surface area contributed by atoms with E-state index in [1.807, 2.05) is 56.1 Å². The van der Waals surface area contributed by atoms with Crippen LogP contribution in [0.2, 0.25) is 0 Å². The highest BCUT2D eigenvalue weighted by atomic mass is 32.2. The van der Waals surface area contributed by atoms with Gasteiger partial charge < -0.3 is 9.64 Å². The average Bonchev–Trinajstić information content (AvgIpc) is 3.20. The van der Waals surface area contributed by atoms with Crippen molar-refractivity contribution >= 4 is 15.8 Å². The molecule has 1 aromatic carbocycles. The zero-order valence-corrected chi connectivity index (χ0v) is 18.9. The quantitative estimate of drug-likeness (QED) is 0.597. The Bertz CT molecular complexity index is 1180. The van der Waals surface area contributed by atoms with E-state index < -0.39 is 10.0 Å². The van der Waals surface area contributed by atoms with Crippen LogP contribution in [0, 0.1) is 20.8 Å². The van der Waals surface area contributed by atoms with Gasteiger partial charge in [-0.05, 0) is 50.1 Å². The summed E-state index contributed by atoms with van der Waals surface area (Å²) in [5.41, 5.74) is 2.54. The predicted octanol–water partition coefficient (Wildman–Crippen LogP) is 2.11. The smallest absolute Gasteiger partial charge is 0.243 e. The largest absolute Gasteiger partial charge is 0.496 e. The van der Waals surface area contributed by atoms with Crippen LogP contribution in [-0.2, 0) is 10.0 Å². The van der Waals surface area contributed by atoms with Crippen LogP contribution < -0.4 is 9.64 Å².